The minimum atomic E-state index is -0.296. The Morgan fingerprint density at radius 1 is 0.742 bits per heavy atom. The van der Waals surface area contributed by atoms with Crippen molar-refractivity contribution in [2.75, 3.05) is 0 Å². The van der Waals surface area contributed by atoms with Crippen molar-refractivity contribution in [1.29, 1.82) is 0 Å². The second kappa shape index (κ2) is 5.98. The molecule has 0 N–H and O–H groups in total. The van der Waals surface area contributed by atoms with E-state index in [2.05, 4.69) is 97.9 Å². The van der Waals surface area contributed by atoms with Crippen LogP contribution in [0, 0.1) is 6.92 Å². The second-order valence-corrected chi connectivity index (χ2v) is 8.84. The van der Waals surface area contributed by atoms with Gasteiger partial charge < -0.3 is 4.74 Å². The topological polar surface area (TPSA) is 9.23 Å². The summed E-state index contributed by atoms with van der Waals surface area (Å²) >= 11 is 0. The first-order chi connectivity index (χ1) is 15.3. The van der Waals surface area contributed by atoms with Crippen LogP contribution in [-0.4, -0.2) is 0 Å². The molecule has 1 heterocycles. The van der Waals surface area contributed by atoms with Gasteiger partial charge in [-0.15, -0.1) is 0 Å². The molecule has 0 radical (unpaired) electrons. The Kier molecular flexibility index (Phi) is 3.31. The number of aryl methyl sites for hydroxylation is 1. The van der Waals surface area contributed by atoms with Gasteiger partial charge in [-0.25, -0.2) is 0 Å². The molecule has 1 heteroatoms. The minimum absolute atomic E-state index is 0.296. The van der Waals surface area contributed by atoms with E-state index in [9.17, 15) is 0 Å². The van der Waals surface area contributed by atoms with Crippen molar-refractivity contribution >= 4 is 10.8 Å². The first-order valence-electron chi connectivity index (χ1n) is 11.1. The van der Waals surface area contributed by atoms with Crippen LogP contribution >= 0.6 is 0 Å². The van der Waals surface area contributed by atoms with Gasteiger partial charge in [0.05, 0.1) is 5.41 Å². The van der Waals surface area contributed by atoms with Crippen molar-refractivity contribution < 1.29 is 4.74 Å². The normalized spacial score (nSPS) is 20.3. The fourth-order valence-electron chi connectivity index (χ4n) is 6.18. The average molecular weight is 399 g/mol. The molecule has 0 bridgehead atoms. The number of rotatable bonds is 0. The lowest BCUT2D eigenvalue weighted by atomic mass is 9.63. The number of allylic oxidation sites excluding steroid dienone is 3. The predicted molar refractivity (Wildman–Crippen MR) is 126 cm³/mol. The molecular weight excluding hydrogens is 376 g/mol. The van der Waals surface area contributed by atoms with E-state index in [4.69, 9.17) is 4.74 Å². The van der Waals surface area contributed by atoms with Crippen LogP contribution in [0.1, 0.15) is 35.1 Å². The predicted octanol–water partition coefficient (Wildman–Crippen LogP) is 7.46. The van der Waals surface area contributed by atoms with Gasteiger partial charge >= 0.3 is 0 Å². The molecule has 0 saturated heterocycles. The zero-order valence-electron chi connectivity index (χ0n) is 17.5. The summed E-state index contributed by atoms with van der Waals surface area (Å²) in [5, 5.41) is 2.63. The second-order valence-electron chi connectivity index (χ2n) is 8.84. The molecule has 4 aromatic rings. The summed E-state index contributed by atoms with van der Waals surface area (Å²) in [6.07, 6.45) is 6.49. The highest BCUT2D eigenvalue weighted by molar-refractivity contribution is 6.05. The SMILES string of the molecule is Cc1cccc2c1-c1c(ccc3ccccc13)C21C2=C(C=CCC2)Oc2ccccc21. The lowest BCUT2D eigenvalue weighted by Gasteiger charge is -2.41. The Balaban J connectivity index is 1.74. The summed E-state index contributed by atoms with van der Waals surface area (Å²) in [7, 11) is 0. The maximum atomic E-state index is 6.46. The maximum absolute atomic E-state index is 6.46. The summed E-state index contributed by atoms with van der Waals surface area (Å²) in [4.78, 5) is 0. The van der Waals surface area contributed by atoms with Crippen molar-refractivity contribution in [2.45, 2.75) is 25.2 Å². The Labute approximate surface area is 182 Å². The molecule has 0 fully saturated rings. The number of hydrogen-bond donors (Lipinski definition) is 0. The van der Waals surface area contributed by atoms with Crippen LogP contribution in [0.3, 0.4) is 0 Å². The standard InChI is InChI=1S/C30H22O/c1-19-9-8-14-24-28(19)29-21-11-3-2-10-20(21)17-18-25(29)30(24)22-12-4-6-15-26(22)31-27-16-7-5-13-23(27)30/h2-4,6-12,14-18H,5,13H2,1H3. The number of fused-ring (bicyclic) bond motifs is 10. The van der Waals surface area contributed by atoms with Gasteiger partial charge in [0.15, 0.2) is 0 Å². The first-order valence-corrected chi connectivity index (χ1v) is 11.1. The van der Waals surface area contributed by atoms with Crippen LogP contribution in [0.2, 0.25) is 0 Å². The number of ether oxygens (including phenoxy) is 1. The van der Waals surface area contributed by atoms with Crippen molar-refractivity contribution in [3.8, 4) is 16.9 Å². The summed E-state index contributed by atoms with van der Waals surface area (Å²) < 4.78 is 6.46. The van der Waals surface area contributed by atoms with Crippen LogP contribution in [0.4, 0.5) is 0 Å². The van der Waals surface area contributed by atoms with E-state index in [-0.39, 0.29) is 5.41 Å². The molecule has 1 unspecified atom stereocenters. The van der Waals surface area contributed by atoms with E-state index < -0.39 is 0 Å². The zero-order valence-corrected chi connectivity index (χ0v) is 17.5. The highest BCUT2D eigenvalue weighted by Crippen LogP contribution is 2.63. The van der Waals surface area contributed by atoms with Crippen LogP contribution in [0.5, 0.6) is 5.75 Å². The van der Waals surface area contributed by atoms with Gasteiger partial charge in [0, 0.05) is 5.56 Å². The molecule has 1 nitrogen and oxygen atoms in total. The summed E-state index contributed by atoms with van der Waals surface area (Å²) in [5.74, 6) is 2.00. The monoisotopic (exact) mass is 398 g/mol. The van der Waals surface area contributed by atoms with Crippen LogP contribution in [0.25, 0.3) is 21.9 Å². The Morgan fingerprint density at radius 3 is 2.52 bits per heavy atom. The Hall–Kier alpha value is -3.58. The largest absolute Gasteiger partial charge is 0.457 e. The highest BCUT2D eigenvalue weighted by atomic mass is 16.5. The van der Waals surface area contributed by atoms with Crippen molar-refractivity contribution in [3.63, 3.8) is 0 Å². The third-order valence-corrected chi connectivity index (χ3v) is 7.35. The van der Waals surface area contributed by atoms with E-state index in [0.717, 1.165) is 24.4 Å². The molecule has 7 rings (SSSR count). The summed E-state index contributed by atoms with van der Waals surface area (Å²) in [5.41, 5.74) is 9.29. The zero-order chi connectivity index (χ0) is 20.6. The summed E-state index contributed by atoms with van der Waals surface area (Å²) in [6.45, 7) is 2.25. The quantitative estimate of drug-likeness (QED) is 0.299. The number of hydrogen-bond acceptors (Lipinski definition) is 1. The smallest absolute Gasteiger partial charge is 0.132 e. The molecule has 0 saturated carbocycles. The molecule has 0 amide bonds. The minimum Gasteiger partial charge on any atom is -0.457 e. The van der Waals surface area contributed by atoms with Gasteiger partial charge in [0.1, 0.15) is 11.5 Å². The van der Waals surface area contributed by atoms with Gasteiger partial charge in [-0.2, -0.15) is 0 Å². The Bertz CT molecular complexity index is 1470. The van der Waals surface area contributed by atoms with E-state index in [0.29, 0.717) is 0 Å². The molecule has 3 aliphatic rings. The van der Waals surface area contributed by atoms with E-state index in [1.165, 1.54) is 49.7 Å². The van der Waals surface area contributed by atoms with Crippen LogP contribution in [0.15, 0.2) is 102 Å². The molecule has 4 aromatic carbocycles. The van der Waals surface area contributed by atoms with Gasteiger partial charge in [-0.3, -0.25) is 0 Å². The van der Waals surface area contributed by atoms with E-state index >= 15 is 0 Å². The van der Waals surface area contributed by atoms with Gasteiger partial charge in [-0.1, -0.05) is 78.9 Å². The van der Waals surface area contributed by atoms with E-state index in [1.807, 2.05) is 0 Å². The lowest BCUT2D eigenvalue weighted by molar-refractivity contribution is 0.389. The molecule has 1 atom stereocenters. The number of benzene rings is 4. The third-order valence-electron chi connectivity index (χ3n) is 7.35. The summed E-state index contributed by atoms with van der Waals surface area (Å²) in [6, 6.07) is 28.9. The molecule has 2 aliphatic carbocycles. The Morgan fingerprint density at radius 2 is 1.55 bits per heavy atom. The molecule has 31 heavy (non-hydrogen) atoms. The van der Waals surface area contributed by atoms with E-state index in [1.54, 1.807) is 0 Å². The fourth-order valence-corrected chi connectivity index (χ4v) is 6.18. The van der Waals surface area contributed by atoms with Crippen LogP contribution < -0.4 is 4.74 Å². The molecule has 148 valence electrons. The lowest BCUT2D eigenvalue weighted by Crippen LogP contribution is -2.35. The van der Waals surface area contributed by atoms with Gasteiger partial charge in [-0.05, 0) is 76.1 Å². The third kappa shape index (κ3) is 2.02. The maximum Gasteiger partial charge on any atom is 0.132 e. The van der Waals surface area contributed by atoms with Gasteiger partial charge in [0.2, 0.25) is 0 Å². The average Bonchev–Trinajstić information content (AvgIpc) is 3.12. The highest BCUT2D eigenvalue weighted by Gasteiger charge is 2.52. The van der Waals surface area contributed by atoms with Crippen LogP contribution in [-0.2, 0) is 5.41 Å². The van der Waals surface area contributed by atoms with Crippen molar-refractivity contribution in [1.82, 2.24) is 0 Å². The van der Waals surface area contributed by atoms with Gasteiger partial charge in [0.25, 0.3) is 0 Å². The molecule has 1 spiro atoms. The first kappa shape index (κ1) is 17.1. The molecule has 1 aliphatic heterocycles. The molecule has 0 aromatic heterocycles. The van der Waals surface area contributed by atoms with Crippen molar-refractivity contribution in [3.05, 3.63) is 125 Å². The number of para-hydroxylation sites is 1. The molecular formula is C30H22O. The fraction of sp³-hybridized carbons (Fsp3) is 0.133. The van der Waals surface area contributed by atoms with Crippen molar-refractivity contribution in [2.24, 2.45) is 0 Å².